The summed E-state index contributed by atoms with van der Waals surface area (Å²) in [6.45, 7) is 5.10. The molecule has 164 valence electrons. The van der Waals surface area contributed by atoms with Crippen LogP contribution in [0.25, 0.3) is 0 Å². The van der Waals surface area contributed by atoms with E-state index in [1.54, 1.807) is 45.2 Å². The molecular weight excluding hydrogens is 397 g/mol. The Morgan fingerprint density at radius 2 is 1.79 bits per heavy atom. The number of likely N-dealkylation sites (N-methyl/N-ethyl adjacent to an activating group) is 1. The Morgan fingerprint density at radius 1 is 1.17 bits per heavy atom. The minimum Gasteiger partial charge on any atom is -0.766 e. The first-order valence-electron chi connectivity index (χ1n) is 9.55. The summed E-state index contributed by atoms with van der Waals surface area (Å²) in [5, 5.41) is 7.49. The molecule has 0 saturated heterocycles. The van der Waals surface area contributed by atoms with Crippen LogP contribution in [0.4, 0.5) is 0 Å². The Labute approximate surface area is 172 Å². The lowest BCUT2D eigenvalue weighted by Gasteiger charge is -2.32. The summed E-state index contributed by atoms with van der Waals surface area (Å²) in [5.41, 5.74) is 0.816. The average Bonchev–Trinajstić information content (AvgIpc) is 2.70. The van der Waals surface area contributed by atoms with Gasteiger partial charge in [0.05, 0.1) is 19.8 Å². The molecule has 9 nitrogen and oxygen atoms in total. The highest BCUT2D eigenvalue weighted by Crippen LogP contribution is 2.33. The van der Waals surface area contributed by atoms with E-state index in [-0.39, 0.29) is 24.9 Å². The SMILES string of the molecule is CCOP(=O)([O-])N[C@H](C(=O)NC(Cc1ccc(OC)cc1)C(=O)NC)[C@@H](C)CC. The van der Waals surface area contributed by atoms with Crippen LogP contribution < -0.4 is 25.4 Å². The second-order valence-corrected chi connectivity index (χ2v) is 8.15. The van der Waals surface area contributed by atoms with Crippen molar-refractivity contribution in [1.82, 2.24) is 15.7 Å². The van der Waals surface area contributed by atoms with Gasteiger partial charge in [0.2, 0.25) is 19.6 Å². The van der Waals surface area contributed by atoms with E-state index in [1.807, 2.05) is 6.92 Å². The predicted molar refractivity (Wildman–Crippen MR) is 108 cm³/mol. The number of carbonyl (C=O) groups excluding carboxylic acids is 2. The first-order chi connectivity index (χ1) is 13.7. The highest BCUT2D eigenvalue weighted by atomic mass is 31.2. The van der Waals surface area contributed by atoms with Crippen LogP contribution in [-0.2, 0) is 25.1 Å². The van der Waals surface area contributed by atoms with Gasteiger partial charge in [-0.05, 0) is 30.5 Å². The molecule has 0 fully saturated rings. The Bertz CT molecular complexity index is 712. The van der Waals surface area contributed by atoms with E-state index < -0.39 is 25.7 Å². The average molecular weight is 428 g/mol. The zero-order valence-electron chi connectivity index (χ0n) is 17.6. The van der Waals surface area contributed by atoms with E-state index in [0.29, 0.717) is 12.2 Å². The van der Waals surface area contributed by atoms with Gasteiger partial charge < -0.3 is 24.8 Å². The molecule has 0 radical (unpaired) electrons. The third-order valence-electron chi connectivity index (χ3n) is 4.57. The fraction of sp³-hybridized carbons (Fsp3) is 0.579. The van der Waals surface area contributed by atoms with Crippen molar-refractivity contribution in [3.8, 4) is 5.75 Å². The quantitative estimate of drug-likeness (QED) is 0.423. The van der Waals surface area contributed by atoms with Crippen LogP contribution in [0.15, 0.2) is 24.3 Å². The lowest BCUT2D eigenvalue weighted by atomic mass is 9.98. The summed E-state index contributed by atoms with van der Waals surface area (Å²) in [4.78, 5) is 37.2. The van der Waals surface area contributed by atoms with Crippen LogP contribution in [0, 0.1) is 5.92 Å². The summed E-state index contributed by atoms with van der Waals surface area (Å²) in [6, 6.07) is 5.19. The summed E-state index contributed by atoms with van der Waals surface area (Å²) < 4.78 is 21.8. The Morgan fingerprint density at radius 3 is 2.28 bits per heavy atom. The fourth-order valence-corrected chi connectivity index (χ4v) is 3.83. The van der Waals surface area contributed by atoms with Crippen molar-refractivity contribution in [2.24, 2.45) is 5.92 Å². The van der Waals surface area contributed by atoms with Gasteiger partial charge in [0.25, 0.3) is 0 Å². The molecule has 1 aromatic rings. The van der Waals surface area contributed by atoms with E-state index in [0.717, 1.165) is 5.56 Å². The van der Waals surface area contributed by atoms with E-state index >= 15 is 0 Å². The zero-order valence-corrected chi connectivity index (χ0v) is 18.5. The molecule has 0 aliphatic rings. The van der Waals surface area contributed by atoms with Gasteiger partial charge in [-0.1, -0.05) is 32.4 Å². The number of amides is 2. The molecule has 3 N–H and O–H groups in total. The van der Waals surface area contributed by atoms with Crippen molar-refractivity contribution in [3.05, 3.63) is 29.8 Å². The van der Waals surface area contributed by atoms with Gasteiger partial charge >= 0.3 is 0 Å². The Balaban J connectivity index is 2.99. The summed E-state index contributed by atoms with van der Waals surface area (Å²) >= 11 is 0. The second kappa shape index (κ2) is 11.9. The number of methoxy groups -OCH3 is 1. The molecular formula is C19H31N3O6P-. The molecule has 10 heteroatoms. The van der Waals surface area contributed by atoms with Gasteiger partial charge in [0, 0.05) is 13.5 Å². The lowest BCUT2D eigenvalue weighted by Crippen LogP contribution is -2.54. The van der Waals surface area contributed by atoms with Crippen molar-refractivity contribution in [1.29, 1.82) is 0 Å². The van der Waals surface area contributed by atoms with Crippen molar-refractivity contribution in [2.45, 2.75) is 45.7 Å². The lowest BCUT2D eigenvalue weighted by molar-refractivity contribution is -0.203. The predicted octanol–water partition coefficient (Wildman–Crippen LogP) is 0.978. The van der Waals surface area contributed by atoms with Crippen molar-refractivity contribution >= 4 is 19.6 Å². The molecule has 1 rings (SSSR count). The maximum absolute atomic E-state index is 12.9. The van der Waals surface area contributed by atoms with Crippen LogP contribution >= 0.6 is 7.75 Å². The molecule has 29 heavy (non-hydrogen) atoms. The van der Waals surface area contributed by atoms with Crippen LogP contribution in [0.1, 0.15) is 32.8 Å². The number of nitrogens with one attached hydrogen (secondary N) is 3. The normalized spacial score (nSPS) is 16.2. The maximum atomic E-state index is 12.9. The van der Waals surface area contributed by atoms with Crippen LogP contribution in [0.2, 0.25) is 0 Å². The van der Waals surface area contributed by atoms with Crippen LogP contribution in [-0.4, -0.2) is 44.7 Å². The molecule has 0 spiro atoms. The number of ether oxygens (including phenoxy) is 1. The van der Waals surface area contributed by atoms with Gasteiger partial charge in [-0.3, -0.25) is 14.2 Å². The van der Waals surface area contributed by atoms with Crippen LogP contribution in [0.3, 0.4) is 0 Å². The van der Waals surface area contributed by atoms with Gasteiger partial charge in [-0.15, -0.1) is 0 Å². The third kappa shape index (κ3) is 8.14. The minimum atomic E-state index is -4.39. The van der Waals surface area contributed by atoms with Crippen molar-refractivity contribution < 1.29 is 28.3 Å². The maximum Gasteiger partial charge on any atom is 0.242 e. The number of rotatable bonds is 12. The zero-order chi connectivity index (χ0) is 22.0. The summed E-state index contributed by atoms with van der Waals surface area (Å²) in [7, 11) is -1.36. The standard InChI is InChI=1S/C19H32N3O6P/c1-6-13(3)17(22-29(25,26)28-7-2)19(24)21-16(18(23)20-4)12-14-8-10-15(27-5)11-9-14/h8-11,13,16-17H,6-7,12H2,1-5H3,(H,20,23)(H,21,24)(H2,22,25,26)/p-1/t13-,16?,17-/m0/s1. The smallest absolute Gasteiger partial charge is 0.242 e. The number of benzene rings is 1. The summed E-state index contributed by atoms with van der Waals surface area (Å²) in [5.74, 6) is -0.592. The molecule has 0 saturated carbocycles. The highest BCUT2D eigenvalue weighted by Gasteiger charge is 2.31. The molecule has 0 heterocycles. The molecule has 0 aromatic heterocycles. The molecule has 1 aromatic carbocycles. The third-order valence-corrected chi connectivity index (χ3v) is 5.76. The molecule has 0 aliphatic carbocycles. The van der Waals surface area contributed by atoms with E-state index in [2.05, 4.69) is 15.7 Å². The molecule has 2 amide bonds. The van der Waals surface area contributed by atoms with Crippen molar-refractivity contribution in [3.63, 3.8) is 0 Å². The number of hydrogen-bond donors (Lipinski definition) is 3. The van der Waals surface area contributed by atoms with E-state index in [1.165, 1.54) is 7.05 Å². The van der Waals surface area contributed by atoms with Gasteiger partial charge in [-0.2, -0.15) is 0 Å². The topological polar surface area (TPSA) is 129 Å². The molecule has 0 aliphatic heterocycles. The largest absolute Gasteiger partial charge is 0.766 e. The monoisotopic (exact) mass is 428 g/mol. The molecule has 4 atom stereocenters. The first-order valence-corrected chi connectivity index (χ1v) is 11.1. The van der Waals surface area contributed by atoms with Gasteiger partial charge in [0.1, 0.15) is 11.8 Å². The van der Waals surface area contributed by atoms with Gasteiger partial charge in [0.15, 0.2) is 0 Å². The first kappa shape index (κ1) is 25.1. The van der Waals surface area contributed by atoms with E-state index in [4.69, 9.17) is 9.26 Å². The molecule has 0 bridgehead atoms. The summed E-state index contributed by atoms with van der Waals surface area (Å²) in [6.07, 6.45) is 0.795. The Kier molecular flexibility index (Phi) is 10.3. The van der Waals surface area contributed by atoms with Gasteiger partial charge in [-0.25, -0.2) is 5.09 Å². The van der Waals surface area contributed by atoms with Crippen LogP contribution in [0.5, 0.6) is 5.75 Å². The second-order valence-electron chi connectivity index (χ2n) is 6.64. The molecule has 2 unspecified atom stereocenters. The fourth-order valence-electron chi connectivity index (χ4n) is 2.70. The minimum absolute atomic E-state index is 0.0407. The van der Waals surface area contributed by atoms with Crippen molar-refractivity contribution in [2.75, 3.05) is 20.8 Å². The number of carbonyl (C=O) groups is 2. The highest BCUT2D eigenvalue weighted by molar-refractivity contribution is 7.49. The Hall–Kier alpha value is -1.93. The van der Waals surface area contributed by atoms with E-state index in [9.17, 15) is 19.0 Å². The number of hydrogen-bond acceptors (Lipinski definition) is 6.